The van der Waals surface area contributed by atoms with Crippen molar-refractivity contribution in [3.05, 3.63) is 42.2 Å². The maximum Gasteiger partial charge on any atom is 0.340 e. The topological polar surface area (TPSA) is 83.2 Å². The van der Waals surface area contributed by atoms with Gasteiger partial charge in [0.05, 0.1) is 12.7 Å². The van der Waals surface area contributed by atoms with Crippen molar-refractivity contribution in [1.82, 2.24) is 15.6 Å². The monoisotopic (exact) mass is 287 g/mol. The Morgan fingerprint density at radius 1 is 1.33 bits per heavy atom. The van der Waals surface area contributed by atoms with E-state index in [9.17, 15) is 9.59 Å². The first-order valence-corrected chi connectivity index (χ1v) is 6.56. The lowest BCUT2D eigenvalue weighted by molar-refractivity contribution is -0.133. The summed E-state index contributed by atoms with van der Waals surface area (Å²) in [6.45, 7) is 2.31. The van der Waals surface area contributed by atoms with E-state index in [1.165, 1.54) is 13.3 Å². The van der Waals surface area contributed by atoms with Crippen LogP contribution >= 0.6 is 0 Å². The molecule has 0 atom stereocenters. The zero-order chi connectivity index (χ0) is 15.2. The number of aromatic nitrogens is 1. The Bertz CT molecular complexity index is 688. The minimum Gasteiger partial charge on any atom is -0.465 e. The first kappa shape index (κ1) is 14.6. The Kier molecular flexibility index (Phi) is 4.61. The number of H-pyrrole nitrogens is 1. The highest BCUT2D eigenvalue weighted by Gasteiger charge is 2.16. The smallest absolute Gasteiger partial charge is 0.340 e. The maximum atomic E-state index is 11.9. The molecule has 1 heterocycles. The predicted molar refractivity (Wildman–Crippen MR) is 80.5 cm³/mol. The van der Waals surface area contributed by atoms with Crippen molar-refractivity contribution in [2.75, 3.05) is 13.7 Å². The summed E-state index contributed by atoms with van der Waals surface area (Å²) in [6.07, 6.45) is 3.07. The van der Waals surface area contributed by atoms with E-state index >= 15 is 0 Å². The summed E-state index contributed by atoms with van der Waals surface area (Å²) in [4.78, 5) is 26.5. The molecular formula is C15H17N3O3. The Morgan fingerprint density at radius 2 is 2.10 bits per heavy atom. The van der Waals surface area contributed by atoms with Crippen molar-refractivity contribution < 1.29 is 14.3 Å². The highest BCUT2D eigenvalue weighted by atomic mass is 16.5. The van der Waals surface area contributed by atoms with Gasteiger partial charge in [0.1, 0.15) is 0 Å². The van der Waals surface area contributed by atoms with Gasteiger partial charge in [-0.1, -0.05) is 18.2 Å². The second-order valence-corrected chi connectivity index (χ2v) is 4.30. The van der Waals surface area contributed by atoms with Gasteiger partial charge in [-0.05, 0) is 13.0 Å². The molecular weight excluding hydrogens is 270 g/mol. The molecule has 21 heavy (non-hydrogen) atoms. The van der Waals surface area contributed by atoms with Gasteiger partial charge in [0.25, 0.3) is 0 Å². The molecule has 110 valence electrons. The molecule has 6 heteroatoms. The molecule has 0 aliphatic rings. The maximum absolute atomic E-state index is 11.9. The molecule has 0 aliphatic heterocycles. The summed E-state index contributed by atoms with van der Waals surface area (Å²) in [5, 5.41) is 5.99. The van der Waals surface area contributed by atoms with Crippen molar-refractivity contribution in [3.8, 4) is 0 Å². The predicted octanol–water partition coefficient (Wildman–Crippen LogP) is 2.00. The van der Waals surface area contributed by atoms with E-state index in [4.69, 9.17) is 4.74 Å². The molecule has 2 amide bonds. The van der Waals surface area contributed by atoms with Crippen LogP contribution in [0.4, 0.5) is 4.79 Å². The standard InChI is InChI=1S/C15H17N3O3/c1-3-16-15(20)18-9-12(14(19)21-2)11-8-17-13-7-5-4-6-10(11)13/h4-9,17H,3H2,1-2H3,(H2,16,18,20)/b12-9+. The van der Waals surface area contributed by atoms with Crippen LogP contribution in [0.3, 0.4) is 0 Å². The Balaban J connectivity index is 2.38. The van der Waals surface area contributed by atoms with Crippen LogP contribution in [0.5, 0.6) is 0 Å². The van der Waals surface area contributed by atoms with Crippen molar-refractivity contribution in [3.63, 3.8) is 0 Å². The number of methoxy groups -OCH3 is 1. The number of hydrogen-bond donors (Lipinski definition) is 3. The van der Waals surface area contributed by atoms with Crippen molar-refractivity contribution >= 4 is 28.5 Å². The van der Waals surface area contributed by atoms with Crippen LogP contribution in [-0.2, 0) is 9.53 Å². The van der Waals surface area contributed by atoms with E-state index in [1.54, 1.807) is 6.20 Å². The van der Waals surface area contributed by atoms with Crippen LogP contribution in [0.25, 0.3) is 16.5 Å². The highest BCUT2D eigenvalue weighted by Crippen LogP contribution is 2.25. The molecule has 0 saturated heterocycles. The minimum atomic E-state index is -0.517. The fourth-order valence-corrected chi connectivity index (χ4v) is 2.00. The normalized spacial score (nSPS) is 11.2. The molecule has 1 aromatic carbocycles. The highest BCUT2D eigenvalue weighted by molar-refractivity contribution is 6.20. The Morgan fingerprint density at radius 3 is 2.81 bits per heavy atom. The van der Waals surface area contributed by atoms with E-state index in [1.807, 2.05) is 31.2 Å². The van der Waals surface area contributed by atoms with E-state index < -0.39 is 5.97 Å². The number of hydrogen-bond acceptors (Lipinski definition) is 3. The zero-order valence-corrected chi connectivity index (χ0v) is 11.9. The second kappa shape index (κ2) is 6.60. The number of nitrogens with one attached hydrogen (secondary N) is 3. The van der Waals surface area contributed by atoms with Crippen LogP contribution in [-0.4, -0.2) is 30.6 Å². The lowest BCUT2D eigenvalue weighted by Crippen LogP contribution is -2.32. The number of esters is 1. The lowest BCUT2D eigenvalue weighted by atomic mass is 10.1. The molecule has 1 aromatic heterocycles. The van der Waals surface area contributed by atoms with Gasteiger partial charge in [-0.3, -0.25) is 0 Å². The first-order valence-electron chi connectivity index (χ1n) is 6.56. The third-order valence-electron chi connectivity index (χ3n) is 2.97. The average Bonchev–Trinajstić information content (AvgIpc) is 2.91. The summed E-state index contributed by atoms with van der Waals surface area (Å²) in [5.74, 6) is -0.517. The van der Waals surface area contributed by atoms with Crippen molar-refractivity contribution in [2.24, 2.45) is 0 Å². The average molecular weight is 287 g/mol. The number of carbonyl (C=O) groups excluding carboxylic acids is 2. The minimum absolute atomic E-state index is 0.279. The fraction of sp³-hybridized carbons (Fsp3) is 0.200. The first-order chi connectivity index (χ1) is 10.2. The zero-order valence-electron chi connectivity index (χ0n) is 11.9. The third kappa shape index (κ3) is 3.22. The molecule has 0 radical (unpaired) electrons. The van der Waals surface area contributed by atoms with Crippen molar-refractivity contribution in [2.45, 2.75) is 6.92 Å². The van der Waals surface area contributed by atoms with Gasteiger partial charge in [0.15, 0.2) is 0 Å². The quantitative estimate of drug-likeness (QED) is 0.594. The molecule has 3 N–H and O–H groups in total. The molecule has 6 nitrogen and oxygen atoms in total. The molecule has 0 spiro atoms. The number of urea groups is 1. The number of rotatable bonds is 4. The number of ether oxygens (including phenoxy) is 1. The second-order valence-electron chi connectivity index (χ2n) is 4.30. The number of aromatic amines is 1. The van der Waals surface area contributed by atoms with E-state index in [0.29, 0.717) is 12.1 Å². The molecule has 0 bridgehead atoms. The summed E-state index contributed by atoms with van der Waals surface area (Å²) in [5.41, 5.74) is 1.86. The molecule has 0 fully saturated rings. The molecule has 0 saturated carbocycles. The summed E-state index contributed by atoms with van der Waals surface area (Å²) in [6, 6.07) is 7.21. The van der Waals surface area contributed by atoms with Crippen LogP contribution in [0, 0.1) is 0 Å². The third-order valence-corrected chi connectivity index (χ3v) is 2.97. The van der Waals surface area contributed by atoms with Gasteiger partial charge in [-0.15, -0.1) is 0 Å². The van der Waals surface area contributed by atoms with Gasteiger partial charge in [-0.25, -0.2) is 9.59 Å². The van der Waals surface area contributed by atoms with E-state index in [-0.39, 0.29) is 11.6 Å². The number of amides is 2. The molecule has 0 unspecified atom stereocenters. The number of para-hydroxylation sites is 1. The van der Waals surface area contributed by atoms with Gasteiger partial charge in [0, 0.05) is 35.4 Å². The molecule has 2 rings (SSSR count). The number of fused-ring (bicyclic) bond motifs is 1. The summed E-state index contributed by atoms with van der Waals surface area (Å²) >= 11 is 0. The van der Waals surface area contributed by atoms with Gasteiger partial charge >= 0.3 is 12.0 Å². The van der Waals surface area contributed by atoms with Crippen molar-refractivity contribution in [1.29, 1.82) is 0 Å². The SMILES string of the molecule is CCNC(=O)N/C=C(/C(=O)OC)c1c[nH]c2ccccc12. The van der Waals surface area contributed by atoms with Crippen LogP contribution in [0.2, 0.25) is 0 Å². The van der Waals surface area contributed by atoms with Crippen LogP contribution < -0.4 is 10.6 Å². The summed E-state index contributed by atoms with van der Waals surface area (Å²) in [7, 11) is 1.30. The molecule has 2 aromatic rings. The Labute approximate surface area is 122 Å². The number of carbonyl (C=O) groups is 2. The largest absolute Gasteiger partial charge is 0.465 e. The fourth-order valence-electron chi connectivity index (χ4n) is 2.00. The van der Waals surface area contributed by atoms with Gasteiger partial charge in [0.2, 0.25) is 0 Å². The van der Waals surface area contributed by atoms with E-state index in [2.05, 4.69) is 15.6 Å². The molecule has 0 aliphatic carbocycles. The van der Waals surface area contributed by atoms with E-state index in [0.717, 1.165) is 10.9 Å². The van der Waals surface area contributed by atoms with Gasteiger partial charge < -0.3 is 20.4 Å². The van der Waals surface area contributed by atoms with Gasteiger partial charge in [-0.2, -0.15) is 0 Å². The Hall–Kier alpha value is -2.76. The lowest BCUT2D eigenvalue weighted by Gasteiger charge is -2.06. The number of benzene rings is 1. The van der Waals surface area contributed by atoms with Crippen LogP contribution in [0.1, 0.15) is 12.5 Å². The summed E-state index contributed by atoms with van der Waals surface area (Å²) < 4.78 is 4.78. The van der Waals surface area contributed by atoms with Crippen LogP contribution in [0.15, 0.2) is 36.7 Å².